The van der Waals surface area contributed by atoms with Crippen LogP contribution in [0.5, 0.6) is 0 Å². The van der Waals surface area contributed by atoms with E-state index in [2.05, 4.69) is 5.32 Å². The minimum absolute atomic E-state index is 0.290. The maximum Gasteiger partial charge on any atom is 0.404 e. The highest BCUT2D eigenvalue weighted by Gasteiger charge is 2.45. The van der Waals surface area contributed by atoms with Gasteiger partial charge in [-0.2, -0.15) is 13.2 Å². The number of halogens is 3. The summed E-state index contributed by atoms with van der Waals surface area (Å²) in [6.07, 6.45) is -3.63. The Bertz CT molecular complexity index is 340. The van der Waals surface area contributed by atoms with Crippen LogP contribution in [0.15, 0.2) is 0 Å². The number of alkyl halides is 3. The van der Waals surface area contributed by atoms with E-state index in [0.29, 0.717) is 52.4 Å². The van der Waals surface area contributed by atoms with Gasteiger partial charge in [0.1, 0.15) is 6.04 Å². The van der Waals surface area contributed by atoms with Gasteiger partial charge in [-0.05, 0) is 18.8 Å². The minimum Gasteiger partial charge on any atom is -0.381 e. The number of nitrogens with one attached hydrogen (secondary N) is 1. The molecule has 0 radical (unpaired) electrons. The SMILES string of the molecule is O=C(CN[C@@H](C1CCOCC1)C(F)(F)F)N1CCOCC1. The maximum atomic E-state index is 13.1. The largest absolute Gasteiger partial charge is 0.404 e. The zero-order valence-electron chi connectivity index (χ0n) is 11.8. The molecule has 0 aromatic heterocycles. The summed E-state index contributed by atoms with van der Waals surface area (Å²) in [4.78, 5) is 13.5. The molecular weight excluding hydrogens is 289 g/mol. The molecule has 5 nitrogen and oxygen atoms in total. The normalized spacial score (nSPS) is 23.1. The fourth-order valence-corrected chi connectivity index (χ4v) is 2.72. The fourth-order valence-electron chi connectivity index (χ4n) is 2.72. The Kier molecular flexibility index (Phi) is 5.83. The molecule has 0 bridgehead atoms. The highest BCUT2D eigenvalue weighted by Crippen LogP contribution is 2.31. The van der Waals surface area contributed by atoms with E-state index in [1.165, 1.54) is 4.90 Å². The van der Waals surface area contributed by atoms with E-state index in [-0.39, 0.29) is 12.5 Å². The lowest BCUT2D eigenvalue weighted by Crippen LogP contribution is -2.53. The van der Waals surface area contributed by atoms with Gasteiger partial charge in [0, 0.05) is 26.3 Å². The van der Waals surface area contributed by atoms with Crippen LogP contribution in [0, 0.1) is 5.92 Å². The van der Waals surface area contributed by atoms with E-state index < -0.39 is 18.1 Å². The summed E-state index contributed by atoms with van der Waals surface area (Å²) in [7, 11) is 0. The standard InChI is InChI=1S/C13H21F3N2O3/c14-13(15,16)12(10-1-5-20-6-2-10)17-9-11(19)18-3-7-21-8-4-18/h10,12,17H,1-9H2/t12-/m0/s1. The quantitative estimate of drug-likeness (QED) is 0.834. The molecule has 0 saturated carbocycles. The second kappa shape index (κ2) is 7.42. The van der Waals surface area contributed by atoms with Crippen LogP contribution in [0.1, 0.15) is 12.8 Å². The van der Waals surface area contributed by atoms with E-state index in [4.69, 9.17) is 9.47 Å². The molecule has 2 saturated heterocycles. The van der Waals surface area contributed by atoms with Gasteiger partial charge in [0.2, 0.25) is 5.91 Å². The molecule has 2 heterocycles. The summed E-state index contributed by atoms with van der Waals surface area (Å²) in [5.74, 6) is -0.837. The van der Waals surface area contributed by atoms with Gasteiger partial charge in [-0.3, -0.25) is 10.1 Å². The van der Waals surface area contributed by atoms with E-state index in [1.54, 1.807) is 0 Å². The van der Waals surface area contributed by atoms with Crippen LogP contribution in [-0.4, -0.2) is 69.1 Å². The molecule has 2 rings (SSSR count). The van der Waals surface area contributed by atoms with Crippen molar-refractivity contribution in [2.45, 2.75) is 25.1 Å². The highest BCUT2D eigenvalue weighted by molar-refractivity contribution is 5.78. The summed E-state index contributed by atoms with van der Waals surface area (Å²) in [6.45, 7) is 2.15. The Hall–Kier alpha value is -0.860. The summed E-state index contributed by atoms with van der Waals surface area (Å²) in [5.41, 5.74) is 0. The molecule has 2 fully saturated rings. The van der Waals surface area contributed by atoms with Gasteiger partial charge in [0.05, 0.1) is 19.8 Å². The van der Waals surface area contributed by atoms with Gasteiger partial charge in [-0.1, -0.05) is 0 Å². The van der Waals surface area contributed by atoms with Crippen molar-refractivity contribution in [2.24, 2.45) is 5.92 Å². The smallest absolute Gasteiger partial charge is 0.381 e. The van der Waals surface area contributed by atoms with Gasteiger partial charge in [-0.15, -0.1) is 0 Å². The molecule has 122 valence electrons. The Morgan fingerprint density at radius 2 is 1.71 bits per heavy atom. The van der Waals surface area contributed by atoms with Crippen LogP contribution >= 0.6 is 0 Å². The second-order valence-corrected chi connectivity index (χ2v) is 5.34. The zero-order valence-corrected chi connectivity index (χ0v) is 11.8. The molecule has 0 aromatic carbocycles. The second-order valence-electron chi connectivity index (χ2n) is 5.34. The van der Waals surface area contributed by atoms with E-state index in [0.717, 1.165) is 0 Å². The van der Waals surface area contributed by atoms with Crippen LogP contribution in [0.2, 0.25) is 0 Å². The lowest BCUT2D eigenvalue weighted by molar-refractivity contribution is -0.175. The molecule has 0 aliphatic carbocycles. The van der Waals surface area contributed by atoms with Crippen LogP contribution in [0.4, 0.5) is 13.2 Å². The number of nitrogens with zero attached hydrogens (tertiary/aromatic N) is 1. The number of hydrogen-bond acceptors (Lipinski definition) is 4. The maximum absolute atomic E-state index is 13.1. The first-order valence-corrected chi connectivity index (χ1v) is 7.22. The molecule has 0 spiro atoms. The summed E-state index contributed by atoms with van der Waals surface area (Å²) in [6, 6.07) is -1.65. The van der Waals surface area contributed by atoms with Crippen molar-refractivity contribution in [2.75, 3.05) is 46.1 Å². The Labute approximate surface area is 121 Å². The molecule has 21 heavy (non-hydrogen) atoms. The lowest BCUT2D eigenvalue weighted by atomic mass is 9.91. The van der Waals surface area contributed by atoms with Gasteiger partial charge in [-0.25, -0.2) is 0 Å². The summed E-state index contributed by atoms with van der Waals surface area (Å²) < 4.78 is 49.7. The summed E-state index contributed by atoms with van der Waals surface area (Å²) in [5, 5.41) is 2.41. The average Bonchev–Trinajstić information content (AvgIpc) is 2.48. The minimum atomic E-state index is -4.35. The number of ether oxygens (including phenoxy) is 2. The van der Waals surface area contributed by atoms with Crippen molar-refractivity contribution in [1.29, 1.82) is 0 Å². The third-order valence-electron chi connectivity index (χ3n) is 3.93. The molecule has 0 aromatic rings. The molecule has 2 aliphatic heterocycles. The van der Waals surface area contributed by atoms with Gasteiger partial charge >= 0.3 is 6.18 Å². The predicted octanol–water partition coefficient (Wildman–Crippen LogP) is 0.792. The molecule has 1 amide bonds. The number of morpholine rings is 1. The van der Waals surface area contributed by atoms with Crippen LogP contribution < -0.4 is 5.32 Å². The average molecular weight is 310 g/mol. The zero-order chi connectivity index (χ0) is 15.3. The Balaban J connectivity index is 1.87. The molecule has 1 atom stereocenters. The monoisotopic (exact) mass is 310 g/mol. The molecule has 0 unspecified atom stereocenters. The third kappa shape index (κ3) is 4.82. The third-order valence-corrected chi connectivity index (χ3v) is 3.93. The highest BCUT2D eigenvalue weighted by atomic mass is 19.4. The molecule has 2 aliphatic rings. The first-order chi connectivity index (χ1) is 9.98. The Morgan fingerprint density at radius 3 is 2.29 bits per heavy atom. The fraction of sp³-hybridized carbons (Fsp3) is 0.923. The van der Waals surface area contributed by atoms with E-state index >= 15 is 0 Å². The van der Waals surface area contributed by atoms with Crippen molar-refractivity contribution >= 4 is 5.91 Å². The van der Waals surface area contributed by atoms with Crippen LogP contribution in [0.25, 0.3) is 0 Å². The van der Waals surface area contributed by atoms with E-state index in [1.807, 2.05) is 0 Å². The number of hydrogen-bond donors (Lipinski definition) is 1. The lowest BCUT2D eigenvalue weighted by Gasteiger charge is -2.33. The number of carbonyl (C=O) groups excluding carboxylic acids is 1. The van der Waals surface area contributed by atoms with Crippen molar-refractivity contribution in [3.8, 4) is 0 Å². The Morgan fingerprint density at radius 1 is 1.14 bits per heavy atom. The topological polar surface area (TPSA) is 50.8 Å². The number of amides is 1. The van der Waals surface area contributed by atoms with Crippen LogP contribution in [-0.2, 0) is 14.3 Å². The van der Waals surface area contributed by atoms with Gasteiger partial charge < -0.3 is 14.4 Å². The van der Waals surface area contributed by atoms with Crippen molar-refractivity contribution in [1.82, 2.24) is 10.2 Å². The van der Waals surface area contributed by atoms with E-state index in [9.17, 15) is 18.0 Å². The predicted molar refractivity (Wildman–Crippen MR) is 68.8 cm³/mol. The first-order valence-electron chi connectivity index (χ1n) is 7.22. The molecular formula is C13H21F3N2O3. The van der Waals surface area contributed by atoms with Gasteiger partial charge in [0.25, 0.3) is 0 Å². The van der Waals surface area contributed by atoms with Crippen molar-refractivity contribution < 1.29 is 27.4 Å². The number of rotatable bonds is 4. The first kappa shape index (κ1) is 16.5. The van der Waals surface area contributed by atoms with Gasteiger partial charge in [0.15, 0.2) is 0 Å². The molecule has 8 heteroatoms. The van der Waals surface area contributed by atoms with Crippen LogP contribution in [0.3, 0.4) is 0 Å². The molecule has 1 N–H and O–H groups in total. The number of carbonyl (C=O) groups is 1. The van der Waals surface area contributed by atoms with Crippen molar-refractivity contribution in [3.63, 3.8) is 0 Å². The van der Waals surface area contributed by atoms with Crippen molar-refractivity contribution in [3.05, 3.63) is 0 Å². The summed E-state index contributed by atoms with van der Waals surface area (Å²) >= 11 is 0.